The van der Waals surface area contributed by atoms with Gasteiger partial charge in [0.2, 0.25) is 41.4 Å². The van der Waals surface area contributed by atoms with Gasteiger partial charge in [0.25, 0.3) is 0 Å². The SMILES string of the molecule is CCC(C)CCCCCCCCCCC(=O)N[C@H]1CC(=O)CNC(=O)[C@@H]2[C@@H](O)[C@@H](C)CN2C(=O)[C@H](CO)NC(=O)[C@H](/C=C/c2ccc(O)cc2)NC(=O)[C@@H]2C[C@@H](O)CN2C(=O)[C@H]([C@@H](C)O)NC1=O. The first-order chi connectivity index (χ1) is 32.3. The standard InChI is InChI=1S/C48H73N7O13/c1-5-28(2)14-12-10-8-6-7-9-11-13-15-39(61)50-36-22-33(59)24-49-46(66)41-42(62)29(3)25-55(41)47(67)37(27-56)52-43(63)35(21-18-31-16-19-32(58)20-17-31)51-45(65)38-23-34(60)26-54(38)48(68)40(30(4)57)53-44(36)64/h16-21,28-30,34-38,40-42,56-58,60,62H,5-15,22-27H2,1-4H3,(H,49,66)(H,50,61)(H,51,65)(H,52,63)(H,53,64)/b21-18+/t28?,29-,30+,34+,35-,36-,37-,38-,40-,41-,42-/m0/s1. The Morgan fingerprint density at radius 2 is 1.47 bits per heavy atom. The number of amides is 7. The minimum Gasteiger partial charge on any atom is -0.508 e. The third-order valence-corrected chi connectivity index (χ3v) is 13.0. The topological polar surface area (TPSA) is 304 Å². The molecule has 10 N–H and O–H groups in total. The first-order valence-electron chi connectivity index (χ1n) is 24.1. The van der Waals surface area contributed by atoms with Crippen LogP contribution in [0.5, 0.6) is 5.75 Å². The van der Waals surface area contributed by atoms with Crippen LogP contribution in [0, 0.1) is 11.8 Å². The van der Waals surface area contributed by atoms with Crippen molar-refractivity contribution in [3.63, 3.8) is 0 Å². The highest BCUT2D eigenvalue weighted by molar-refractivity contribution is 6.00. The molecule has 20 nitrogen and oxygen atoms in total. The fraction of sp³-hybridized carbons (Fsp3) is 0.667. The lowest BCUT2D eigenvalue weighted by Crippen LogP contribution is -2.61. The Bertz CT molecular complexity index is 1930. The van der Waals surface area contributed by atoms with Crippen LogP contribution in [0.1, 0.15) is 117 Å². The average Bonchev–Trinajstić information content (AvgIpc) is 3.85. The number of aliphatic hydroxyl groups is 4. The molecule has 20 heteroatoms. The molecule has 3 heterocycles. The molecule has 3 aliphatic heterocycles. The molecular formula is C48H73N7O13. The van der Waals surface area contributed by atoms with Gasteiger partial charge in [-0.15, -0.1) is 0 Å². The molecule has 0 radical (unpaired) electrons. The lowest BCUT2D eigenvalue weighted by atomic mass is 9.99. The van der Waals surface area contributed by atoms with Crippen LogP contribution in [-0.2, 0) is 38.4 Å². The molecule has 7 amide bonds. The smallest absolute Gasteiger partial charge is 0.248 e. The lowest BCUT2D eigenvalue weighted by Gasteiger charge is -2.31. The van der Waals surface area contributed by atoms with Crippen molar-refractivity contribution >= 4 is 53.2 Å². The van der Waals surface area contributed by atoms with E-state index in [4.69, 9.17) is 0 Å². The summed E-state index contributed by atoms with van der Waals surface area (Å²) in [5.74, 6) is -7.28. The van der Waals surface area contributed by atoms with Crippen molar-refractivity contribution in [3.8, 4) is 5.75 Å². The van der Waals surface area contributed by atoms with Gasteiger partial charge in [0.1, 0.15) is 42.0 Å². The van der Waals surface area contributed by atoms with Gasteiger partial charge in [-0.1, -0.05) is 103 Å². The molecule has 0 bridgehead atoms. The highest BCUT2D eigenvalue weighted by Gasteiger charge is 2.48. The van der Waals surface area contributed by atoms with E-state index in [1.807, 2.05) is 0 Å². The average molecular weight is 956 g/mol. The van der Waals surface area contributed by atoms with Crippen LogP contribution in [0.15, 0.2) is 30.3 Å². The number of hydrogen-bond acceptors (Lipinski definition) is 13. The first kappa shape index (κ1) is 55.2. The van der Waals surface area contributed by atoms with Crippen LogP contribution < -0.4 is 26.6 Å². The van der Waals surface area contributed by atoms with Crippen LogP contribution in [0.4, 0.5) is 0 Å². The Labute approximate surface area is 398 Å². The Morgan fingerprint density at radius 3 is 2.10 bits per heavy atom. The lowest BCUT2D eigenvalue weighted by molar-refractivity contribution is -0.145. The van der Waals surface area contributed by atoms with Crippen molar-refractivity contribution < 1.29 is 63.9 Å². The summed E-state index contributed by atoms with van der Waals surface area (Å²) in [4.78, 5) is 113. The molecule has 68 heavy (non-hydrogen) atoms. The number of carbonyl (C=O) groups excluding carboxylic acids is 8. The highest BCUT2D eigenvalue weighted by atomic mass is 16.3. The summed E-state index contributed by atoms with van der Waals surface area (Å²) in [6.07, 6.45) is 7.56. The van der Waals surface area contributed by atoms with Gasteiger partial charge in [0, 0.05) is 38.3 Å². The molecule has 0 aliphatic carbocycles. The maximum absolute atomic E-state index is 14.2. The molecule has 0 spiro atoms. The third kappa shape index (κ3) is 16.1. The van der Waals surface area contributed by atoms with Crippen molar-refractivity contribution in [1.29, 1.82) is 0 Å². The normalized spacial score (nSPS) is 27.9. The molecule has 3 aliphatic rings. The first-order valence-corrected chi connectivity index (χ1v) is 24.1. The van der Waals surface area contributed by atoms with E-state index in [-0.39, 0.29) is 25.1 Å². The monoisotopic (exact) mass is 956 g/mol. The van der Waals surface area contributed by atoms with Crippen molar-refractivity contribution in [3.05, 3.63) is 35.9 Å². The Morgan fingerprint density at radius 1 is 0.824 bits per heavy atom. The van der Waals surface area contributed by atoms with E-state index in [1.54, 1.807) is 6.92 Å². The second-order valence-electron chi connectivity index (χ2n) is 18.7. The number of nitrogens with one attached hydrogen (secondary N) is 5. The molecule has 1 aromatic rings. The van der Waals surface area contributed by atoms with Crippen LogP contribution in [-0.4, -0.2) is 163 Å². The number of rotatable bonds is 17. The molecular weight excluding hydrogens is 883 g/mol. The number of nitrogens with zero attached hydrogens (tertiary/aromatic N) is 2. The van der Waals surface area contributed by atoms with E-state index < -0.39 is 134 Å². The number of aromatic hydroxyl groups is 1. The second-order valence-corrected chi connectivity index (χ2v) is 18.7. The van der Waals surface area contributed by atoms with E-state index in [9.17, 15) is 63.9 Å². The number of ketones is 1. The number of fused-ring (bicyclic) bond motifs is 2. The fourth-order valence-corrected chi connectivity index (χ4v) is 8.68. The van der Waals surface area contributed by atoms with Crippen molar-refractivity contribution in [2.24, 2.45) is 11.8 Å². The Hall–Kier alpha value is -5.44. The summed E-state index contributed by atoms with van der Waals surface area (Å²) in [6, 6.07) is -3.97. The molecule has 11 atom stereocenters. The predicted molar refractivity (Wildman–Crippen MR) is 249 cm³/mol. The van der Waals surface area contributed by atoms with Crippen molar-refractivity contribution in [2.75, 3.05) is 26.2 Å². The van der Waals surface area contributed by atoms with Crippen molar-refractivity contribution in [1.82, 2.24) is 36.4 Å². The maximum atomic E-state index is 14.2. The fourth-order valence-electron chi connectivity index (χ4n) is 8.68. The summed E-state index contributed by atoms with van der Waals surface area (Å²) in [6.45, 7) is 4.91. The second kappa shape index (κ2) is 26.9. The molecule has 0 saturated carbocycles. The summed E-state index contributed by atoms with van der Waals surface area (Å²) in [5.41, 5.74) is 0.469. The van der Waals surface area contributed by atoms with Gasteiger partial charge < -0.3 is 61.9 Å². The summed E-state index contributed by atoms with van der Waals surface area (Å²) < 4.78 is 0. The summed E-state index contributed by atoms with van der Waals surface area (Å²) in [7, 11) is 0. The van der Waals surface area contributed by atoms with Gasteiger partial charge in [-0.2, -0.15) is 0 Å². The van der Waals surface area contributed by atoms with Gasteiger partial charge in [0.15, 0.2) is 5.78 Å². The number of Topliss-reactive ketones (excluding diaryl/α,β-unsaturated/α-hetero) is 1. The minimum absolute atomic E-state index is 0.0176. The van der Waals surface area contributed by atoms with Gasteiger partial charge in [-0.05, 0) is 37.0 Å². The zero-order chi connectivity index (χ0) is 50.1. The van der Waals surface area contributed by atoms with Gasteiger partial charge in [0.05, 0.1) is 31.5 Å². The molecule has 4 rings (SSSR count). The summed E-state index contributed by atoms with van der Waals surface area (Å²) >= 11 is 0. The number of hydrogen-bond donors (Lipinski definition) is 10. The van der Waals surface area contributed by atoms with E-state index in [0.29, 0.717) is 12.0 Å². The molecule has 3 fully saturated rings. The summed E-state index contributed by atoms with van der Waals surface area (Å²) in [5, 5.41) is 65.1. The molecule has 378 valence electrons. The van der Waals surface area contributed by atoms with Gasteiger partial charge >= 0.3 is 0 Å². The van der Waals surface area contributed by atoms with E-state index in [1.165, 1.54) is 69.0 Å². The van der Waals surface area contributed by atoms with E-state index >= 15 is 0 Å². The molecule has 3 saturated heterocycles. The number of carbonyl (C=O) groups is 8. The Kier molecular flexibility index (Phi) is 21.8. The van der Waals surface area contributed by atoms with Gasteiger partial charge in [-0.25, -0.2) is 0 Å². The van der Waals surface area contributed by atoms with Crippen LogP contribution in [0.2, 0.25) is 0 Å². The predicted octanol–water partition coefficient (Wildman–Crippen LogP) is -0.0766. The van der Waals surface area contributed by atoms with E-state index in [2.05, 4.69) is 40.4 Å². The number of phenols is 1. The zero-order valence-corrected chi connectivity index (χ0v) is 39.7. The minimum atomic E-state index is -1.76. The molecule has 1 aromatic carbocycles. The largest absolute Gasteiger partial charge is 0.508 e. The van der Waals surface area contributed by atoms with Crippen LogP contribution in [0.3, 0.4) is 0 Å². The maximum Gasteiger partial charge on any atom is 0.248 e. The van der Waals surface area contributed by atoms with Crippen molar-refractivity contribution in [2.45, 2.75) is 166 Å². The quantitative estimate of drug-likeness (QED) is 0.0916. The van der Waals surface area contributed by atoms with Gasteiger partial charge in [-0.3, -0.25) is 38.4 Å². The number of phenolic OH excluding ortho intramolecular Hbond substituents is 1. The number of unbranched alkanes of at least 4 members (excludes halogenated alkanes) is 7. The molecule has 0 aromatic heterocycles. The number of aliphatic hydroxyl groups excluding tert-OH is 4. The number of benzene rings is 1. The van der Waals surface area contributed by atoms with Crippen LogP contribution in [0.25, 0.3) is 6.08 Å². The van der Waals surface area contributed by atoms with E-state index in [0.717, 1.165) is 47.8 Å². The molecule has 1 unspecified atom stereocenters. The third-order valence-electron chi connectivity index (χ3n) is 13.0. The zero-order valence-electron chi connectivity index (χ0n) is 39.7. The van der Waals surface area contributed by atoms with Crippen LogP contribution >= 0.6 is 0 Å². The Balaban J connectivity index is 1.60. The highest BCUT2D eigenvalue weighted by Crippen LogP contribution is 2.26.